The molecule has 0 aliphatic carbocycles. The first kappa shape index (κ1) is 19.0. The highest BCUT2D eigenvalue weighted by atomic mass is 19.1. The molecule has 4 aromatic rings. The maximum absolute atomic E-state index is 13.1. The van der Waals surface area contributed by atoms with E-state index in [1.54, 1.807) is 42.5 Å². The van der Waals surface area contributed by atoms with Crippen molar-refractivity contribution in [2.24, 2.45) is 0 Å². The average molecular weight is 403 g/mol. The van der Waals surface area contributed by atoms with Crippen LogP contribution in [-0.2, 0) is 0 Å². The van der Waals surface area contributed by atoms with Crippen LogP contribution in [0.3, 0.4) is 0 Å². The summed E-state index contributed by atoms with van der Waals surface area (Å²) in [5, 5.41) is 17.7. The highest BCUT2D eigenvalue weighted by molar-refractivity contribution is 6.05. The van der Waals surface area contributed by atoms with Crippen molar-refractivity contribution in [2.75, 3.05) is 0 Å². The minimum atomic E-state index is -0.478. The first-order chi connectivity index (χ1) is 14.5. The topological polar surface area (TPSA) is 102 Å². The summed E-state index contributed by atoms with van der Waals surface area (Å²) in [7, 11) is 0. The fourth-order valence-electron chi connectivity index (χ4n) is 2.92. The number of carbonyl (C=O) groups excluding carboxylic acids is 1. The molecule has 2 aromatic carbocycles. The van der Waals surface area contributed by atoms with E-state index in [1.807, 2.05) is 0 Å². The number of nitro benzene ring substituents is 1. The van der Waals surface area contributed by atoms with Gasteiger partial charge in [-0.05, 0) is 48.6 Å². The SMILES string of the molecule is O=C(/C=C/c1cn[nH]c1-c1cccc([N+](=O)[O-])c1)c1ccc(-c2ccc(F)cc2)o1. The third-order valence-corrected chi connectivity index (χ3v) is 4.41. The highest BCUT2D eigenvalue weighted by Gasteiger charge is 2.13. The lowest BCUT2D eigenvalue weighted by atomic mass is 10.1. The number of nitrogens with one attached hydrogen (secondary N) is 1. The summed E-state index contributed by atoms with van der Waals surface area (Å²) < 4.78 is 18.6. The minimum absolute atomic E-state index is 0.0444. The van der Waals surface area contributed by atoms with Crippen LogP contribution in [0.2, 0.25) is 0 Å². The van der Waals surface area contributed by atoms with Gasteiger partial charge in [0.05, 0.1) is 16.8 Å². The van der Waals surface area contributed by atoms with Crippen molar-refractivity contribution in [3.63, 3.8) is 0 Å². The lowest BCUT2D eigenvalue weighted by Crippen LogP contribution is -1.91. The zero-order valence-corrected chi connectivity index (χ0v) is 15.4. The van der Waals surface area contributed by atoms with Crippen LogP contribution in [0.5, 0.6) is 0 Å². The van der Waals surface area contributed by atoms with Crippen molar-refractivity contribution in [3.05, 3.63) is 100 Å². The van der Waals surface area contributed by atoms with Crippen LogP contribution >= 0.6 is 0 Å². The number of hydrogen-bond donors (Lipinski definition) is 1. The number of nitrogens with zero attached hydrogens (tertiary/aromatic N) is 2. The lowest BCUT2D eigenvalue weighted by molar-refractivity contribution is -0.384. The van der Waals surface area contributed by atoms with Crippen molar-refractivity contribution >= 4 is 17.5 Å². The largest absolute Gasteiger partial charge is 0.453 e. The molecule has 0 radical (unpaired) electrons. The maximum atomic E-state index is 13.1. The summed E-state index contributed by atoms with van der Waals surface area (Å²) in [5.41, 5.74) is 2.33. The quantitative estimate of drug-likeness (QED) is 0.204. The molecule has 8 heteroatoms. The van der Waals surface area contributed by atoms with Gasteiger partial charge >= 0.3 is 0 Å². The Morgan fingerprint density at radius 3 is 2.67 bits per heavy atom. The molecule has 0 saturated heterocycles. The Balaban J connectivity index is 1.55. The van der Waals surface area contributed by atoms with Gasteiger partial charge in [-0.1, -0.05) is 12.1 Å². The van der Waals surface area contributed by atoms with Gasteiger partial charge in [0.2, 0.25) is 5.78 Å². The van der Waals surface area contributed by atoms with E-state index in [-0.39, 0.29) is 23.0 Å². The molecule has 7 nitrogen and oxygen atoms in total. The van der Waals surface area contributed by atoms with E-state index in [2.05, 4.69) is 10.2 Å². The summed E-state index contributed by atoms with van der Waals surface area (Å²) in [6.45, 7) is 0. The molecule has 0 aliphatic heterocycles. The Hall–Kier alpha value is -4.33. The summed E-state index contributed by atoms with van der Waals surface area (Å²) in [6, 6.07) is 15.0. The monoisotopic (exact) mass is 403 g/mol. The predicted octanol–water partition coefficient (Wildman–Crippen LogP) is 5.28. The fraction of sp³-hybridized carbons (Fsp3) is 0. The highest BCUT2D eigenvalue weighted by Crippen LogP contribution is 2.26. The molecular weight excluding hydrogens is 389 g/mol. The van der Waals surface area contributed by atoms with E-state index in [0.717, 1.165) is 0 Å². The number of carbonyl (C=O) groups is 1. The number of H-pyrrole nitrogens is 1. The molecule has 0 amide bonds. The second-order valence-corrected chi connectivity index (χ2v) is 6.38. The van der Waals surface area contributed by atoms with Crippen molar-refractivity contribution in [1.82, 2.24) is 10.2 Å². The van der Waals surface area contributed by atoms with Gasteiger partial charge in [-0.2, -0.15) is 5.10 Å². The Morgan fingerprint density at radius 1 is 1.10 bits per heavy atom. The van der Waals surface area contributed by atoms with Crippen LogP contribution in [0.25, 0.3) is 28.7 Å². The zero-order chi connectivity index (χ0) is 21.1. The first-order valence-corrected chi connectivity index (χ1v) is 8.87. The molecule has 30 heavy (non-hydrogen) atoms. The van der Waals surface area contributed by atoms with Crippen LogP contribution in [-0.4, -0.2) is 20.9 Å². The van der Waals surface area contributed by atoms with E-state index in [1.165, 1.54) is 36.5 Å². The Labute approximate surface area is 169 Å². The van der Waals surface area contributed by atoms with E-state index >= 15 is 0 Å². The summed E-state index contributed by atoms with van der Waals surface area (Å²) in [5.74, 6) is -0.142. The van der Waals surface area contributed by atoms with E-state index in [4.69, 9.17) is 4.42 Å². The van der Waals surface area contributed by atoms with E-state index in [9.17, 15) is 19.3 Å². The molecule has 1 N–H and O–H groups in total. The third kappa shape index (κ3) is 3.93. The lowest BCUT2D eigenvalue weighted by Gasteiger charge is -2.00. The van der Waals surface area contributed by atoms with Crippen LogP contribution in [0.15, 0.2) is 77.4 Å². The number of halogens is 1. The number of nitro groups is 1. The molecular formula is C22H14FN3O4. The molecule has 0 atom stereocenters. The Kier molecular flexibility index (Phi) is 5.04. The predicted molar refractivity (Wildman–Crippen MR) is 108 cm³/mol. The van der Waals surface area contributed by atoms with Crippen molar-refractivity contribution < 1.29 is 18.5 Å². The number of aromatic amines is 1. The van der Waals surface area contributed by atoms with Gasteiger partial charge in [0.1, 0.15) is 11.6 Å². The number of furan rings is 1. The van der Waals surface area contributed by atoms with E-state index in [0.29, 0.717) is 28.1 Å². The molecule has 4 rings (SSSR count). The summed E-state index contributed by atoms with van der Waals surface area (Å²) in [6.07, 6.45) is 4.41. The fourth-order valence-corrected chi connectivity index (χ4v) is 2.92. The van der Waals surface area contributed by atoms with Gasteiger partial charge in [-0.3, -0.25) is 20.0 Å². The number of ketones is 1. The van der Waals surface area contributed by atoms with Crippen molar-refractivity contribution in [1.29, 1.82) is 0 Å². The van der Waals surface area contributed by atoms with Gasteiger partial charge in [0.25, 0.3) is 5.69 Å². The van der Waals surface area contributed by atoms with Crippen molar-refractivity contribution in [2.45, 2.75) is 0 Å². The van der Waals surface area contributed by atoms with Gasteiger partial charge < -0.3 is 4.42 Å². The Bertz CT molecular complexity index is 1260. The normalized spacial score (nSPS) is 11.1. The Morgan fingerprint density at radius 2 is 1.90 bits per heavy atom. The number of hydrogen-bond acceptors (Lipinski definition) is 5. The van der Waals surface area contributed by atoms with Gasteiger partial charge in [-0.25, -0.2) is 4.39 Å². The van der Waals surface area contributed by atoms with Crippen LogP contribution in [0.4, 0.5) is 10.1 Å². The molecule has 0 aliphatic rings. The molecule has 0 saturated carbocycles. The molecule has 0 bridgehead atoms. The maximum Gasteiger partial charge on any atom is 0.270 e. The standard InChI is InChI=1S/C22H14FN3O4/c23-17-7-4-14(5-8-17)20-10-11-21(30-20)19(27)9-6-16-13-24-25-22(16)15-2-1-3-18(12-15)26(28)29/h1-13H,(H,24,25)/b9-6+. The van der Waals surface area contributed by atoms with Crippen LogP contribution < -0.4 is 0 Å². The van der Waals surface area contributed by atoms with Gasteiger partial charge in [0, 0.05) is 28.8 Å². The van der Waals surface area contributed by atoms with Crippen LogP contribution in [0, 0.1) is 15.9 Å². The molecule has 2 heterocycles. The van der Waals surface area contributed by atoms with Gasteiger partial charge in [0.15, 0.2) is 5.76 Å². The number of rotatable bonds is 6. The molecule has 0 fully saturated rings. The molecule has 2 aromatic heterocycles. The summed E-state index contributed by atoms with van der Waals surface area (Å²) >= 11 is 0. The number of allylic oxidation sites excluding steroid dienone is 1. The minimum Gasteiger partial charge on any atom is -0.453 e. The van der Waals surface area contributed by atoms with Crippen LogP contribution in [0.1, 0.15) is 16.1 Å². The number of non-ortho nitro benzene ring substituents is 1. The number of aromatic nitrogens is 2. The molecule has 148 valence electrons. The first-order valence-electron chi connectivity index (χ1n) is 8.87. The second-order valence-electron chi connectivity index (χ2n) is 6.38. The molecule has 0 spiro atoms. The second kappa shape index (κ2) is 7.96. The zero-order valence-electron chi connectivity index (χ0n) is 15.4. The third-order valence-electron chi connectivity index (χ3n) is 4.41. The number of benzene rings is 2. The van der Waals surface area contributed by atoms with Gasteiger partial charge in [-0.15, -0.1) is 0 Å². The van der Waals surface area contributed by atoms with Crippen molar-refractivity contribution in [3.8, 4) is 22.6 Å². The smallest absolute Gasteiger partial charge is 0.270 e. The molecule has 0 unspecified atom stereocenters. The van der Waals surface area contributed by atoms with E-state index < -0.39 is 4.92 Å². The summed E-state index contributed by atoms with van der Waals surface area (Å²) in [4.78, 5) is 23.0. The average Bonchev–Trinajstić information content (AvgIpc) is 3.42.